The van der Waals surface area contributed by atoms with Crippen LogP contribution in [0.25, 0.3) is 0 Å². The zero-order chi connectivity index (χ0) is 11.7. The molecule has 2 fully saturated rings. The van der Waals surface area contributed by atoms with Crippen LogP contribution in [0.3, 0.4) is 0 Å². The molecule has 0 spiro atoms. The standard InChI is InChI=1S/C11H18N4O2/c16-7-8-3-4-15(6-8)11-14-13-10(17-11)5-12-9-1-2-9/h8-9,12,16H,1-7H2. The van der Waals surface area contributed by atoms with Gasteiger partial charge in [0.25, 0.3) is 0 Å². The maximum atomic E-state index is 9.08. The second-order valence-electron chi connectivity index (χ2n) is 4.92. The van der Waals surface area contributed by atoms with E-state index in [0.29, 0.717) is 30.4 Å². The molecule has 3 rings (SSSR count). The molecular formula is C11H18N4O2. The summed E-state index contributed by atoms with van der Waals surface area (Å²) in [5, 5.41) is 20.5. The van der Waals surface area contributed by atoms with E-state index in [1.807, 2.05) is 0 Å². The summed E-state index contributed by atoms with van der Waals surface area (Å²) in [5.74, 6) is 0.995. The van der Waals surface area contributed by atoms with E-state index in [-0.39, 0.29) is 6.61 Å². The van der Waals surface area contributed by atoms with Crippen molar-refractivity contribution in [3.8, 4) is 0 Å². The zero-order valence-electron chi connectivity index (χ0n) is 9.80. The van der Waals surface area contributed by atoms with Crippen molar-refractivity contribution in [2.45, 2.75) is 31.8 Å². The molecule has 1 atom stereocenters. The van der Waals surface area contributed by atoms with Crippen molar-refractivity contribution < 1.29 is 9.52 Å². The molecule has 1 aliphatic heterocycles. The summed E-state index contributed by atoms with van der Waals surface area (Å²) >= 11 is 0. The van der Waals surface area contributed by atoms with E-state index >= 15 is 0 Å². The maximum Gasteiger partial charge on any atom is 0.318 e. The first kappa shape index (κ1) is 11.0. The Balaban J connectivity index is 1.56. The minimum absolute atomic E-state index is 0.237. The van der Waals surface area contributed by atoms with Crippen LogP contribution in [0.15, 0.2) is 4.42 Å². The Bertz CT molecular complexity index is 377. The predicted molar refractivity (Wildman–Crippen MR) is 61.6 cm³/mol. The van der Waals surface area contributed by atoms with Crippen LogP contribution in [0.5, 0.6) is 0 Å². The predicted octanol–water partition coefficient (Wildman–Crippen LogP) is 0.140. The number of aliphatic hydroxyl groups is 1. The summed E-state index contributed by atoms with van der Waals surface area (Å²) in [6.45, 7) is 2.60. The maximum absolute atomic E-state index is 9.08. The van der Waals surface area contributed by atoms with Crippen molar-refractivity contribution in [3.63, 3.8) is 0 Å². The summed E-state index contributed by atoms with van der Waals surface area (Å²) in [5.41, 5.74) is 0. The summed E-state index contributed by atoms with van der Waals surface area (Å²) < 4.78 is 5.60. The Morgan fingerprint density at radius 1 is 1.35 bits per heavy atom. The molecule has 0 radical (unpaired) electrons. The molecule has 0 bridgehead atoms. The quantitative estimate of drug-likeness (QED) is 0.760. The van der Waals surface area contributed by atoms with E-state index in [1.165, 1.54) is 12.8 Å². The lowest BCUT2D eigenvalue weighted by atomic mass is 10.1. The second kappa shape index (κ2) is 4.62. The molecule has 1 aliphatic carbocycles. The van der Waals surface area contributed by atoms with Gasteiger partial charge in [0, 0.05) is 31.7 Å². The van der Waals surface area contributed by atoms with Crippen LogP contribution < -0.4 is 10.2 Å². The highest BCUT2D eigenvalue weighted by atomic mass is 16.4. The average Bonchev–Trinajstić information content (AvgIpc) is 2.89. The Hall–Kier alpha value is -1.14. The van der Waals surface area contributed by atoms with E-state index in [2.05, 4.69) is 20.4 Å². The number of hydrogen-bond donors (Lipinski definition) is 2. The van der Waals surface area contributed by atoms with Crippen molar-refractivity contribution in [1.29, 1.82) is 0 Å². The third-order valence-corrected chi connectivity index (χ3v) is 3.39. The Morgan fingerprint density at radius 3 is 2.94 bits per heavy atom. The topological polar surface area (TPSA) is 74.4 Å². The number of nitrogens with zero attached hydrogens (tertiary/aromatic N) is 3. The molecule has 2 N–H and O–H groups in total. The summed E-state index contributed by atoms with van der Waals surface area (Å²) in [6, 6.07) is 1.24. The fourth-order valence-corrected chi connectivity index (χ4v) is 2.12. The molecule has 1 aromatic rings. The largest absolute Gasteiger partial charge is 0.407 e. The first-order valence-electron chi connectivity index (χ1n) is 6.26. The minimum Gasteiger partial charge on any atom is -0.407 e. The molecule has 1 saturated heterocycles. The molecule has 6 heteroatoms. The van der Waals surface area contributed by atoms with Crippen LogP contribution in [-0.4, -0.2) is 41.0 Å². The summed E-state index contributed by atoms with van der Waals surface area (Å²) in [7, 11) is 0. The van der Waals surface area contributed by atoms with Gasteiger partial charge >= 0.3 is 6.01 Å². The summed E-state index contributed by atoms with van der Waals surface area (Å²) in [6.07, 6.45) is 3.51. The SMILES string of the molecule is OCC1CCN(c2nnc(CNC3CC3)o2)C1. The number of hydrogen-bond acceptors (Lipinski definition) is 6. The van der Waals surface area contributed by atoms with Gasteiger partial charge in [0.05, 0.1) is 6.54 Å². The molecule has 1 unspecified atom stereocenters. The Morgan fingerprint density at radius 2 is 2.24 bits per heavy atom. The van der Waals surface area contributed by atoms with Gasteiger partial charge in [-0.1, -0.05) is 5.10 Å². The number of rotatable bonds is 5. The molecular weight excluding hydrogens is 220 g/mol. The first-order chi connectivity index (χ1) is 8.35. The van der Waals surface area contributed by atoms with E-state index in [9.17, 15) is 0 Å². The molecule has 17 heavy (non-hydrogen) atoms. The molecule has 2 heterocycles. The highest BCUT2D eigenvalue weighted by Crippen LogP contribution is 2.23. The van der Waals surface area contributed by atoms with Crippen molar-refractivity contribution in [2.24, 2.45) is 5.92 Å². The van der Waals surface area contributed by atoms with Gasteiger partial charge in [-0.25, -0.2) is 0 Å². The molecule has 6 nitrogen and oxygen atoms in total. The smallest absolute Gasteiger partial charge is 0.318 e. The van der Waals surface area contributed by atoms with Crippen molar-refractivity contribution in [3.05, 3.63) is 5.89 Å². The first-order valence-corrected chi connectivity index (χ1v) is 6.26. The molecule has 2 aliphatic rings. The van der Waals surface area contributed by atoms with E-state index in [4.69, 9.17) is 9.52 Å². The van der Waals surface area contributed by atoms with Crippen molar-refractivity contribution in [2.75, 3.05) is 24.6 Å². The molecule has 94 valence electrons. The lowest BCUT2D eigenvalue weighted by Gasteiger charge is -2.11. The summed E-state index contributed by atoms with van der Waals surface area (Å²) in [4.78, 5) is 2.05. The third-order valence-electron chi connectivity index (χ3n) is 3.39. The lowest BCUT2D eigenvalue weighted by Crippen LogP contribution is -2.20. The van der Waals surface area contributed by atoms with Gasteiger partial charge in [-0.3, -0.25) is 0 Å². The van der Waals surface area contributed by atoms with Crippen LogP contribution in [-0.2, 0) is 6.54 Å². The normalized spacial score (nSPS) is 24.5. The van der Waals surface area contributed by atoms with E-state index in [0.717, 1.165) is 19.5 Å². The van der Waals surface area contributed by atoms with Crippen molar-refractivity contribution >= 4 is 6.01 Å². The van der Waals surface area contributed by atoms with Gasteiger partial charge in [0.2, 0.25) is 5.89 Å². The van der Waals surface area contributed by atoms with Crippen LogP contribution >= 0.6 is 0 Å². The van der Waals surface area contributed by atoms with E-state index in [1.54, 1.807) is 0 Å². The lowest BCUT2D eigenvalue weighted by molar-refractivity contribution is 0.238. The van der Waals surface area contributed by atoms with Gasteiger partial charge in [-0.2, -0.15) is 0 Å². The van der Waals surface area contributed by atoms with Crippen LogP contribution in [0.1, 0.15) is 25.2 Å². The van der Waals surface area contributed by atoms with Gasteiger partial charge in [0.1, 0.15) is 0 Å². The van der Waals surface area contributed by atoms with Crippen LogP contribution in [0.2, 0.25) is 0 Å². The highest BCUT2D eigenvalue weighted by Gasteiger charge is 2.26. The second-order valence-corrected chi connectivity index (χ2v) is 4.92. The van der Waals surface area contributed by atoms with Crippen LogP contribution in [0.4, 0.5) is 6.01 Å². The van der Waals surface area contributed by atoms with Gasteiger partial charge in [-0.15, -0.1) is 5.10 Å². The van der Waals surface area contributed by atoms with E-state index < -0.39 is 0 Å². The number of anilines is 1. The Labute approximate surface area is 100 Å². The molecule has 0 aromatic carbocycles. The monoisotopic (exact) mass is 238 g/mol. The molecule has 0 amide bonds. The fourth-order valence-electron chi connectivity index (χ4n) is 2.12. The van der Waals surface area contributed by atoms with Gasteiger partial charge in [0.15, 0.2) is 0 Å². The molecule has 1 aromatic heterocycles. The zero-order valence-corrected chi connectivity index (χ0v) is 9.80. The van der Waals surface area contributed by atoms with Crippen molar-refractivity contribution in [1.82, 2.24) is 15.5 Å². The fraction of sp³-hybridized carbons (Fsp3) is 0.818. The number of aliphatic hydroxyl groups excluding tert-OH is 1. The van der Waals surface area contributed by atoms with Crippen LogP contribution in [0, 0.1) is 5.92 Å². The minimum atomic E-state index is 0.237. The highest BCUT2D eigenvalue weighted by molar-refractivity contribution is 5.26. The Kier molecular flexibility index (Phi) is 2.98. The van der Waals surface area contributed by atoms with Gasteiger partial charge < -0.3 is 19.7 Å². The molecule has 1 saturated carbocycles. The third kappa shape index (κ3) is 2.58. The average molecular weight is 238 g/mol. The number of aromatic nitrogens is 2. The van der Waals surface area contributed by atoms with Gasteiger partial charge in [-0.05, 0) is 19.3 Å². The number of nitrogens with one attached hydrogen (secondary N) is 1.